The minimum absolute atomic E-state index is 0.0621. The summed E-state index contributed by atoms with van der Waals surface area (Å²) >= 11 is 0. The van der Waals surface area contributed by atoms with E-state index in [0.717, 1.165) is 19.4 Å². The standard InChI is InChI=1S/C16H18N4O2/c17-15(21)12-3-1-4-13(9-12)16(22)19-7-2-5-14(10-19)20-8-6-18-11-20/h1,3-4,6,8-9,11,14H,2,5,7,10H2,(H2,17,21). The normalized spacial score (nSPS) is 18.2. The number of rotatable bonds is 3. The minimum atomic E-state index is -0.524. The van der Waals surface area contributed by atoms with E-state index in [1.54, 1.807) is 36.8 Å². The number of aromatic nitrogens is 2. The molecule has 2 heterocycles. The van der Waals surface area contributed by atoms with Crippen molar-refractivity contribution in [1.29, 1.82) is 0 Å². The number of benzene rings is 1. The van der Waals surface area contributed by atoms with Crippen LogP contribution in [0.2, 0.25) is 0 Å². The van der Waals surface area contributed by atoms with Crippen LogP contribution in [0.1, 0.15) is 39.6 Å². The van der Waals surface area contributed by atoms with Crippen LogP contribution in [0.4, 0.5) is 0 Å². The summed E-state index contributed by atoms with van der Waals surface area (Å²) in [5.74, 6) is -0.586. The Balaban J connectivity index is 1.77. The predicted molar refractivity (Wildman–Crippen MR) is 81.4 cm³/mol. The Labute approximate surface area is 128 Å². The lowest BCUT2D eigenvalue weighted by Gasteiger charge is -2.33. The summed E-state index contributed by atoms with van der Waals surface area (Å²) in [6, 6.07) is 6.83. The van der Waals surface area contributed by atoms with E-state index in [4.69, 9.17) is 5.73 Å². The fourth-order valence-corrected chi connectivity index (χ4v) is 2.86. The van der Waals surface area contributed by atoms with Gasteiger partial charge in [-0.3, -0.25) is 9.59 Å². The summed E-state index contributed by atoms with van der Waals surface area (Å²) in [7, 11) is 0. The Hall–Kier alpha value is -2.63. The maximum atomic E-state index is 12.6. The van der Waals surface area contributed by atoms with Crippen LogP contribution in [-0.4, -0.2) is 39.4 Å². The minimum Gasteiger partial charge on any atom is -0.366 e. The molecular weight excluding hydrogens is 280 g/mol. The van der Waals surface area contributed by atoms with Gasteiger partial charge in [-0.15, -0.1) is 0 Å². The summed E-state index contributed by atoms with van der Waals surface area (Å²) < 4.78 is 2.04. The van der Waals surface area contributed by atoms with Gasteiger partial charge in [0, 0.05) is 36.6 Å². The molecule has 0 bridgehead atoms. The molecule has 1 aromatic carbocycles. The molecule has 6 nitrogen and oxygen atoms in total. The van der Waals surface area contributed by atoms with Gasteiger partial charge in [-0.05, 0) is 31.0 Å². The predicted octanol–water partition coefficient (Wildman–Crippen LogP) is 1.46. The quantitative estimate of drug-likeness (QED) is 0.931. The van der Waals surface area contributed by atoms with E-state index in [-0.39, 0.29) is 11.9 Å². The number of amides is 2. The van der Waals surface area contributed by atoms with Gasteiger partial charge in [0.15, 0.2) is 0 Å². The van der Waals surface area contributed by atoms with Crippen LogP contribution in [0, 0.1) is 0 Å². The summed E-state index contributed by atoms with van der Waals surface area (Å²) in [6.45, 7) is 1.38. The second-order valence-corrected chi connectivity index (χ2v) is 5.50. The van der Waals surface area contributed by atoms with E-state index in [9.17, 15) is 9.59 Å². The third-order valence-corrected chi connectivity index (χ3v) is 4.02. The summed E-state index contributed by atoms with van der Waals surface area (Å²) in [5.41, 5.74) is 6.13. The van der Waals surface area contributed by atoms with E-state index in [0.29, 0.717) is 17.7 Å². The number of carbonyl (C=O) groups excluding carboxylic acids is 2. The first kappa shape index (κ1) is 14.3. The first-order valence-corrected chi connectivity index (χ1v) is 7.32. The topological polar surface area (TPSA) is 81.2 Å². The van der Waals surface area contributed by atoms with Crippen LogP contribution in [-0.2, 0) is 0 Å². The molecule has 22 heavy (non-hydrogen) atoms. The van der Waals surface area contributed by atoms with Crippen LogP contribution in [0.5, 0.6) is 0 Å². The molecule has 3 rings (SSSR count). The molecule has 1 aromatic heterocycles. The van der Waals surface area contributed by atoms with E-state index < -0.39 is 5.91 Å². The van der Waals surface area contributed by atoms with Gasteiger partial charge in [0.25, 0.3) is 5.91 Å². The highest BCUT2D eigenvalue weighted by Crippen LogP contribution is 2.22. The molecule has 1 aliphatic heterocycles. The fourth-order valence-electron chi connectivity index (χ4n) is 2.86. The number of imidazole rings is 1. The van der Waals surface area contributed by atoms with Gasteiger partial charge in [0.1, 0.15) is 0 Å². The average molecular weight is 298 g/mol. The lowest BCUT2D eigenvalue weighted by molar-refractivity contribution is 0.0679. The van der Waals surface area contributed by atoms with E-state index >= 15 is 0 Å². The van der Waals surface area contributed by atoms with Crippen molar-refractivity contribution in [2.75, 3.05) is 13.1 Å². The van der Waals surface area contributed by atoms with Crippen molar-refractivity contribution in [3.63, 3.8) is 0 Å². The van der Waals surface area contributed by atoms with Crippen LogP contribution < -0.4 is 5.73 Å². The molecule has 2 amide bonds. The molecule has 0 saturated carbocycles. The van der Waals surface area contributed by atoms with Gasteiger partial charge < -0.3 is 15.2 Å². The smallest absolute Gasteiger partial charge is 0.253 e. The van der Waals surface area contributed by atoms with Crippen molar-refractivity contribution < 1.29 is 9.59 Å². The molecule has 0 aliphatic carbocycles. The maximum absolute atomic E-state index is 12.6. The highest BCUT2D eigenvalue weighted by atomic mass is 16.2. The monoisotopic (exact) mass is 298 g/mol. The van der Waals surface area contributed by atoms with Crippen LogP contribution in [0.3, 0.4) is 0 Å². The number of nitrogens with zero attached hydrogens (tertiary/aromatic N) is 3. The fraction of sp³-hybridized carbons (Fsp3) is 0.312. The second-order valence-electron chi connectivity index (χ2n) is 5.50. The number of hydrogen-bond donors (Lipinski definition) is 1. The van der Waals surface area contributed by atoms with E-state index in [2.05, 4.69) is 4.98 Å². The number of hydrogen-bond acceptors (Lipinski definition) is 3. The van der Waals surface area contributed by atoms with Crippen molar-refractivity contribution in [2.24, 2.45) is 5.73 Å². The molecule has 0 radical (unpaired) electrons. The van der Waals surface area contributed by atoms with Crippen LogP contribution in [0.25, 0.3) is 0 Å². The van der Waals surface area contributed by atoms with Crippen molar-refractivity contribution in [3.8, 4) is 0 Å². The molecule has 1 saturated heterocycles. The lowest BCUT2D eigenvalue weighted by Crippen LogP contribution is -2.40. The third kappa shape index (κ3) is 2.86. The second kappa shape index (κ2) is 6.01. The van der Waals surface area contributed by atoms with Gasteiger partial charge in [-0.1, -0.05) is 6.07 Å². The number of carbonyl (C=O) groups is 2. The lowest BCUT2D eigenvalue weighted by atomic mass is 10.0. The zero-order chi connectivity index (χ0) is 15.5. The first-order chi connectivity index (χ1) is 10.6. The Morgan fingerprint density at radius 1 is 1.27 bits per heavy atom. The Morgan fingerprint density at radius 2 is 2.09 bits per heavy atom. The van der Waals surface area contributed by atoms with Crippen LogP contribution >= 0.6 is 0 Å². The Bertz CT molecular complexity index is 681. The SMILES string of the molecule is NC(=O)c1cccc(C(=O)N2CCCC(n3ccnc3)C2)c1. The van der Waals surface area contributed by atoms with E-state index in [1.807, 2.05) is 15.7 Å². The molecule has 1 unspecified atom stereocenters. The highest BCUT2D eigenvalue weighted by Gasteiger charge is 2.25. The average Bonchev–Trinajstić information content (AvgIpc) is 3.09. The molecule has 1 aliphatic rings. The Morgan fingerprint density at radius 3 is 2.82 bits per heavy atom. The van der Waals surface area contributed by atoms with Gasteiger partial charge in [0.05, 0.1) is 12.4 Å². The first-order valence-electron chi connectivity index (χ1n) is 7.32. The van der Waals surface area contributed by atoms with Crippen molar-refractivity contribution >= 4 is 11.8 Å². The summed E-state index contributed by atoms with van der Waals surface area (Å²) in [5, 5.41) is 0. The molecule has 0 spiro atoms. The van der Waals surface area contributed by atoms with Crippen molar-refractivity contribution in [3.05, 3.63) is 54.1 Å². The van der Waals surface area contributed by atoms with Crippen molar-refractivity contribution in [1.82, 2.24) is 14.5 Å². The molecular formula is C16H18N4O2. The number of primary amides is 1. The molecule has 114 valence electrons. The highest BCUT2D eigenvalue weighted by molar-refractivity contribution is 5.99. The largest absolute Gasteiger partial charge is 0.366 e. The number of nitrogens with two attached hydrogens (primary N) is 1. The van der Waals surface area contributed by atoms with Crippen LogP contribution in [0.15, 0.2) is 43.0 Å². The maximum Gasteiger partial charge on any atom is 0.253 e. The number of piperidine rings is 1. The molecule has 1 fully saturated rings. The van der Waals surface area contributed by atoms with Gasteiger partial charge in [-0.25, -0.2) is 4.98 Å². The molecule has 2 N–H and O–H groups in total. The zero-order valence-corrected chi connectivity index (χ0v) is 12.2. The summed E-state index contributed by atoms with van der Waals surface area (Å²) in [4.78, 5) is 29.8. The zero-order valence-electron chi connectivity index (χ0n) is 12.2. The van der Waals surface area contributed by atoms with E-state index in [1.165, 1.54) is 0 Å². The molecule has 1 atom stereocenters. The van der Waals surface area contributed by atoms with Gasteiger partial charge >= 0.3 is 0 Å². The van der Waals surface area contributed by atoms with Crippen molar-refractivity contribution in [2.45, 2.75) is 18.9 Å². The summed E-state index contributed by atoms with van der Waals surface area (Å²) in [6.07, 6.45) is 7.43. The van der Waals surface area contributed by atoms with Gasteiger partial charge in [0.2, 0.25) is 5.91 Å². The number of likely N-dealkylation sites (tertiary alicyclic amines) is 1. The molecule has 6 heteroatoms. The Kier molecular flexibility index (Phi) is 3.91. The van der Waals surface area contributed by atoms with Gasteiger partial charge in [-0.2, -0.15) is 0 Å². The third-order valence-electron chi connectivity index (χ3n) is 4.02. The molecule has 2 aromatic rings.